The van der Waals surface area contributed by atoms with Crippen molar-refractivity contribution in [3.63, 3.8) is 0 Å². The van der Waals surface area contributed by atoms with Crippen molar-refractivity contribution in [2.24, 2.45) is 16.5 Å². The first-order valence-electron chi connectivity index (χ1n) is 7.25. The maximum Gasteiger partial charge on any atom is 0.303 e. The predicted octanol–water partition coefficient (Wildman–Crippen LogP) is 2.43. The Balaban J connectivity index is 0. The predicted molar refractivity (Wildman–Crippen MR) is 103 cm³/mol. The SMILES string of the molecule is CC(=O)OC(C)(C)C.Cc1cc(C)c(C(=O)N=C(N)N)c(C)c1.P. The number of hydrogen-bond acceptors (Lipinski definition) is 3. The number of guanidine groups is 1. The van der Waals surface area contributed by atoms with Crippen molar-refractivity contribution in [1.82, 2.24) is 0 Å². The highest BCUT2D eigenvalue weighted by molar-refractivity contribution is 6.92. The summed E-state index contributed by atoms with van der Waals surface area (Å²) >= 11 is 0. The molecule has 1 atom stereocenters. The van der Waals surface area contributed by atoms with Crippen LogP contribution in [0.25, 0.3) is 0 Å². The Hall–Kier alpha value is -1.94. The Morgan fingerprint density at radius 2 is 1.46 bits per heavy atom. The summed E-state index contributed by atoms with van der Waals surface area (Å²) in [7, 11) is 0. The molecule has 0 saturated carbocycles. The van der Waals surface area contributed by atoms with Gasteiger partial charge in [-0.25, -0.2) is 0 Å². The highest BCUT2D eigenvalue weighted by Crippen LogP contribution is 2.17. The second-order valence-corrected chi connectivity index (χ2v) is 6.32. The van der Waals surface area contributed by atoms with Gasteiger partial charge >= 0.3 is 5.97 Å². The molecule has 0 spiro atoms. The van der Waals surface area contributed by atoms with Crippen molar-refractivity contribution < 1.29 is 14.3 Å². The van der Waals surface area contributed by atoms with Gasteiger partial charge in [0, 0.05) is 12.5 Å². The van der Waals surface area contributed by atoms with E-state index in [4.69, 9.17) is 16.2 Å². The summed E-state index contributed by atoms with van der Waals surface area (Å²) in [5.41, 5.74) is 13.5. The van der Waals surface area contributed by atoms with Gasteiger partial charge in [-0.3, -0.25) is 9.59 Å². The molecule has 0 heterocycles. The Kier molecular flexibility index (Phi) is 10.2. The van der Waals surface area contributed by atoms with Crippen LogP contribution in [0.3, 0.4) is 0 Å². The van der Waals surface area contributed by atoms with Crippen LogP contribution in [0.2, 0.25) is 0 Å². The highest BCUT2D eigenvalue weighted by Gasteiger charge is 2.12. The van der Waals surface area contributed by atoms with Crippen LogP contribution in [0.5, 0.6) is 0 Å². The maximum atomic E-state index is 11.7. The highest BCUT2D eigenvalue weighted by atomic mass is 31.0. The minimum absolute atomic E-state index is 0. The van der Waals surface area contributed by atoms with E-state index in [9.17, 15) is 9.59 Å². The standard InChI is InChI=1S/C11H15N3O.C6H12O2.H3P/c1-6-4-7(2)9(8(3)5-6)10(15)14-11(12)13;1-5(7)8-6(2,3)4;/h4-5H,1-3H3,(H4,12,13,14,15);1-4H3;1H3. The molecule has 6 nitrogen and oxygen atoms in total. The Morgan fingerprint density at radius 3 is 1.71 bits per heavy atom. The van der Waals surface area contributed by atoms with Gasteiger partial charge < -0.3 is 16.2 Å². The number of aryl methyl sites for hydroxylation is 3. The molecular weight excluding hydrogens is 325 g/mol. The Bertz CT molecular complexity index is 593. The molecule has 0 aromatic heterocycles. The second-order valence-electron chi connectivity index (χ2n) is 6.32. The van der Waals surface area contributed by atoms with E-state index in [-0.39, 0.29) is 33.3 Å². The summed E-state index contributed by atoms with van der Waals surface area (Å²) in [5, 5.41) is 0. The van der Waals surface area contributed by atoms with Crippen LogP contribution < -0.4 is 11.5 Å². The number of hydrogen-bond donors (Lipinski definition) is 2. The lowest BCUT2D eigenvalue weighted by Gasteiger charge is -2.17. The fourth-order valence-corrected chi connectivity index (χ4v) is 2.12. The normalized spacial score (nSPS) is 9.79. The van der Waals surface area contributed by atoms with Crippen LogP contribution >= 0.6 is 9.90 Å². The quantitative estimate of drug-likeness (QED) is 0.348. The first-order chi connectivity index (χ1) is 10.3. The molecule has 136 valence electrons. The number of carbonyl (C=O) groups is 2. The van der Waals surface area contributed by atoms with Gasteiger partial charge in [-0.15, -0.1) is 0 Å². The zero-order valence-electron chi connectivity index (χ0n) is 15.7. The maximum absolute atomic E-state index is 11.7. The minimum atomic E-state index is -0.384. The number of carbonyl (C=O) groups excluding carboxylic acids is 2. The molecule has 0 bridgehead atoms. The fourth-order valence-electron chi connectivity index (χ4n) is 2.12. The molecule has 4 N–H and O–H groups in total. The van der Waals surface area contributed by atoms with Gasteiger partial charge in [0.1, 0.15) is 5.60 Å². The lowest BCUT2D eigenvalue weighted by molar-refractivity contribution is -0.151. The number of ether oxygens (including phenoxy) is 1. The summed E-state index contributed by atoms with van der Waals surface area (Å²) in [6, 6.07) is 3.87. The molecule has 1 unspecified atom stereocenters. The monoisotopic (exact) mass is 355 g/mol. The molecular formula is C17H30N3O3P. The summed E-state index contributed by atoms with van der Waals surface area (Å²) in [4.78, 5) is 25.4. The van der Waals surface area contributed by atoms with E-state index in [2.05, 4.69) is 4.99 Å². The van der Waals surface area contributed by atoms with Crippen LogP contribution in [0, 0.1) is 20.8 Å². The van der Waals surface area contributed by atoms with Crippen molar-refractivity contribution in [1.29, 1.82) is 0 Å². The third kappa shape index (κ3) is 9.95. The number of amides is 1. The average molecular weight is 355 g/mol. The molecule has 1 rings (SSSR count). The number of benzene rings is 1. The molecule has 1 aromatic carbocycles. The van der Waals surface area contributed by atoms with Crippen LogP contribution in [0.15, 0.2) is 17.1 Å². The van der Waals surface area contributed by atoms with E-state index in [1.807, 2.05) is 53.7 Å². The Morgan fingerprint density at radius 1 is 1.04 bits per heavy atom. The molecule has 0 aliphatic heterocycles. The first-order valence-corrected chi connectivity index (χ1v) is 7.25. The van der Waals surface area contributed by atoms with Gasteiger partial charge in [0.15, 0.2) is 5.96 Å². The van der Waals surface area contributed by atoms with E-state index < -0.39 is 0 Å². The molecule has 0 aliphatic rings. The van der Waals surface area contributed by atoms with Crippen LogP contribution in [-0.2, 0) is 9.53 Å². The largest absolute Gasteiger partial charge is 0.460 e. The van der Waals surface area contributed by atoms with Crippen molar-refractivity contribution in [3.05, 3.63) is 34.4 Å². The van der Waals surface area contributed by atoms with Gasteiger partial charge in [-0.1, -0.05) is 17.7 Å². The molecule has 7 heteroatoms. The van der Waals surface area contributed by atoms with Crippen LogP contribution in [-0.4, -0.2) is 23.4 Å². The van der Waals surface area contributed by atoms with Crippen molar-refractivity contribution in [2.75, 3.05) is 0 Å². The zero-order chi connectivity index (χ0) is 18.4. The van der Waals surface area contributed by atoms with E-state index in [0.29, 0.717) is 5.56 Å². The van der Waals surface area contributed by atoms with Gasteiger partial charge in [-0.05, 0) is 52.7 Å². The zero-order valence-corrected chi connectivity index (χ0v) is 17.1. The van der Waals surface area contributed by atoms with Crippen LogP contribution in [0.4, 0.5) is 0 Å². The molecule has 0 saturated heterocycles. The third-order valence-corrected chi connectivity index (χ3v) is 2.57. The molecule has 24 heavy (non-hydrogen) atoms. The molecule has 0 radical (unpaired) electrons. The summed E-state index contributed by atoms with van der Waals surface area (Å²) < 4.78 is 4.80. The van der Waals surface area contributed by atoms with E-state index >= 15 is 0 Å². The van der Waals surface area contributed by atoms with Gasteiger partial charge in [-0.2, -0.15) is 14.9 Å². The number of aliphatic imine (C=N–C) groups is 1. The van der Waals surface area contributed by atoms with E-state index in [1.54, 1.807) is 0 Å². The second kappa shape index (κ2) is 10.0. The lowest BCUT2D eigenvalue weighted by Crippen LogP contribution is -2.24. The van der Waals surface area contributed by atoms with Crippen LogP contribution in [0.1, 0.15) is 54.7 Å². The van der Waals surface area contributed by atoms with Gasteiger partial charge in [0.2, 0.25) is 0 Å². The number of nitrogens with zero attached hydrogens (tertiary/aromatic N) is 1. The molecule has 0 aliphatic carbocycles. The fraction of sp³-hybridized carbons (Fsp3) is 0.471. The topological polar surface area (TPSA) is 108 Å². The number of rotatable bonds is 1. The van der Waals surface area contributed by atoms with E-state index in [0.717, 1.165) is 16.7 Å². The number of nitrogens with two attached hydrogens (primary N) is 2. The van der Waals surface area contributed by atoms with Gasteiger partial charge in [0.25, 0.3) is 5.91 Å². The summed E-state index contributed by atoms with van der Waals surface area (Å²) in [5.74, 6) is -0.818. The summed E-state index contributed by atoms with van der Waals surface area (Å²) in [6.07, 6.45) is 0. The molecule has 1 aromatic rings. The van der Waals surface area contributed by atoms with Gasteiger partial charge in [0.05, 0.1) is 0 Å². The Labute approximate surface area is 147 Å². The smallest absolute Gasteiger partial charge is 0.303 e. The average Bonchev–Trinajstić information content (AvgIpc) is 2.22. The third-order valence-electron chi connectivity index (χ3n) is 2.57. The van der Waals surface area contributed by atoms with Crippen molar-refractivity contribution in [3.8, 4) is 0 Å². The minimum Gasteiger partial charge on any atom is -0.460 e. The van der Waals surface area contributed by atoms with Crippen molar-refractivity contribution >= 4 is 27.7 Å². The molecule has 1 amide bonds. The van der Waals surface area contributed by atoms with E-state index in [1.165, 1.54) is 6.92 Å². The number of esters is 1. The first kappa shape index (κ1) is 24.3. The lowest BCUT2D eigenvalue weighted by atomic mass is 9.99. The molecule has 0 fully saturated rings. The van der Waals surface area contributed by atoms with Crippen molar-refractivity contribution in [2.45, 2.75) is 54.1 Å². The summed E-state index contributed by atoms with van der Waals surface area (Å²) in [6.45, 7) is 12.7.